The normalized spacial score (nSPS) is 12.3. The van der Waals surface area contributed by atoms with Gasteiger partial charge in [0.05, 0.1) is 7.11 Å². The van der Waals surface area contributed by atoms with Crippen molar-refractivity contribution in [3.63, 3.8) is 0 Å². The van der Waals surface area contributed by atoms with Crippen molar-refractivity contribution in [2.24, 2.45) is 11.7 Å². The number of benzene rings is 1. The molecule has 0 aliphatic rings. The van der Waals surface area contributed by atoms with Crippen LogP contribution >= 0.6 is 0 Å². The monoisotopic (exact) mass is 254 g/mol. The first-order valence-electron chi connectivity index (χ1n) is 5.84. The molecule has 1 rings (SSSR count). The second kappa shape index (κ2) is 6.35. The number of rotatable bonds is 5. The highest BCUT2D eigenvalue weighted by molar-refractivity contribution is 5.94. The maximum atomic E-state index is 13.5. The zero-order valence-electron chi connectivity index (χ0n) is 10.9. The molecule has 1 atom stereocenters. The van der Waals surface area contributed by atoms with Crippen LogP contribution in [0.3, 0.4) is 0 Å². The van der Waals surface area contributed by atoms with E-state index in [1.54, 1.807) is 0 Å². The molecular formula is C13H19FN2O2. The lowest BCUT2D eigenvalue weighted by atomic mass is 10.0. The molecule has 0 aliphatic heterocycles. The molecule has 1 amide bonds. The Morgan fingerprint density at radius 2 is 2.17 bits per heavy atom. The number of ether oxygens (including phenoxy) is 1. The molecule has 1 aromatic rings. The number of halogens is 1. The molecule has 0 saturated carbocycles. The Bertz CT molecular complexity index is 421. The van der Waals surface area contributed by atoms with Gasteiger partial charge in [0.25, 0.3) is 5.91 Å². The number of nitrogens with one attached hydrogen (secondary N) is 1. The fourth-order valence-corrected chi connectivity index (χ4v) is 1.56. The van der Waals surface area contributed by atoms with E-state index in [9.17, 15) is 9.18 Å². The molecule has 0 radical (unpaired) electrons. The summed E-state index contributed by atoms with van der Waals surface area (Å²) in [6, 6.07) is 3.98. The summed E-state index contributed by atoms with van der Waals surface area (Å²) in [6.45, 7) is 4.28. The van der Waals surface area contributed by atoms with E-state index < -0.39 is 5.82 Å². The summed E-state index contributed by atoms with van der Waals surface area (Å²) in [6.07, 6.45) is 0. The van der Waals surface area contributed by atoms with Gasteiger partial charge in [0.15, 0.2) is 11.6 Å². The Labute approximate surface area is 106 Å². The van der Waals surface area contributed by atoms with E-state index in [0.29, 0.717) is 6.54 Å². The van der Waals surface area contributed by atoms with Gasteiger partial charge in [0.1, 0.15) is 0 Å². The summed E-state index contributed by atoms with van der Waals surface area (Å²) in [5.74, 6) is -0.549. The Balaban J connectivity index is 2.81. The van der Waals surface area contributed by atoms with Crippen LogP contribution in [0.1, 0.15) is 24.2 Å². The first-order chi connectivity index (χ1) is 8.49. The van der Waals surface area contributed by atoms with Crippen LogP contribution in [0.5, 0.6) is 5.75 Å². The van der Waals surface area contributed by atoms with E-state index in [2.05, 4.69) is 5.32 Å². The number of carbonyl (C=O) groups excluding carboxylic acids is 1. The van der Waals surface area contributed by atoms with Crippen molar-refractivity contribution in [2.75, 3.05) is 13.7 Å². The van der Waals surface area contributed by atoms with Crippen molar-refractivity contribution in [3.05, 3.63) is 29.6 Å². The average molecular weight is 254 g/mol. The van der Waals surface area contributed by atoms with E-state index in [1.165, 1.54) is 19.2 Å². The van der Waals surface area contributed by atoms with Crippen LogP contribution in [-0.2, 0) is 0 Å². The lowest BCUT2D eigenvalue weighted by Gasteiger charge is -2.20. The number of nitrogens with two attached hydrogens (primary N) is 1. The van der Waals surface area contributed by atoms with Gasteiger partial charge in [0, 0.05) is 18.2 Å². The summed E-state index contributed by atoms with van der Waals surface area (Å²) in [5.41, 5.74) is 5.82. The summed E-state index contributed by atoms with van der Waals surface area (Å²) in [7, 11) is 1.38. The van der Waals surface area contributed by atoms with Gasteiger partial charge in [-0.2, -0.15) is 0 Å². The zero-order valence-corrected chi connectivity index (χ0v) is 10.9. The summed E-state index contributed by atoms with van der Waals surface area (Å²) in [5, 5.41) is 2.78. The molecule has 1 unspecified atom stereocenters. The highest BCUT2D eigenvalue weighted by Gasteiger charge is 2.16. The van der Waals surface area contributed by atoms with Crippen molar-refractivity contribution in [3.8, 4) is 5.75 Å². The molecule has 4 nitrogen and oxygen atoms in total. The number of amides is 1. The summed E-state index contributed by atoms with van der Waals surface area (Å²) in [4.78, 5) is 11.9. The van der Waals surface area contributed by atoms with Crippen LogP contribution in [0, 0.1) is 11.7 Å². The molecule has 0 aliphatic carbocycles. The van der Waals surface area contributed by atoms with E-state index in [1.807, 2.05) is 13.8 Å². The third-order valence-corrected chi connectivity index (χ3v) is 2.79. The van der Waals surface area contributed by atoms with Crippen LogP contribution in [0.25, 0.3) is 0 Å². The summed E-state index contributed by atoms with van der Waals surface area (Å²) >= 11 is 0. The molecule has 0 spiro atoms. The van der Waals surface area contributed by atoms with Gasteiger partial charge in [-0.3, -0.25) is 4.79 Å². The minimum atomic E-state index is -0.556. The van der Waals surface area contributed by atoms with Crippen molar-refractivity contribution in [1.29, 1.82) is 0 Å². The van der Waals surface area contributed by atoms with Gasteiger partial charge in [-0.15, -0.1) is 0 Å². The molecule has 0 aromatic heterocycles. The van der Waals surface area contributed by atoms with E-state index in [4.69, 9.17) is 10.5 Å². The number of hydrogen-bond acceptors (Lipinski definition) is 3. The van der Waals surface area contributed by atoms with E-state index >= 15 is 0 Å². The predicted molar refractivity (Wildman–Crippen MR) is 68.1 cm³/mol. The number of carbonyl (C=O) groups is 1. The Morgan fingerprint density at radius 3 is 2.61 bits per heavy atom. The smallest absolute Gasteiger partial charge is 0.251 e. The molecule has 3 N–H and O–H groups in total. The molecule has 0 heterocycles. The molecule has 0 bridgehead atoms. The highest BCUT2D eigenvalue weighted by atomic mass is 19.1. The van der Waals surface area contributed by atoms with Gasteiger partial charge in [-0.1, -0.05) is 13.8 Å². The highest BCUT2D eigenvalue weighted by Crippen LogP contribution is 2.17. The minimum absolute atomic E-state index is 0.116. The zero-order chi connectivity index (χ0) is 13.7. The minimum Gasteiger partial charge on any atom is -0.494 e. The van der Waals surface area contributed by atoms with Gasteiger partial charge >= 0.3 is 0 Å². The van der Waals surface area contributed by atoms with E-state index in [-0.39, 0.29) is 29.2 Å². The van der Waals surface area contributed by atoms with Crippen molar-refractivity contribution < 1.29 is 13.9 Å². The van der Waals surface area contributed by atoms with Crippen molar-refractivity contribution in [1.82, 2.24) is 5.32 Å². The fraction of sp³-hybridized carbons (Fsp3) is 0.462. The maximum absolute atomic E-state index is 13.5. The second-order valence-corrected chi connectivity index (χ2v) is 4.41. The van der Waals surface area contributed by atoms with Crippen LogP contribution in [0.4, 0.5) is 4.39 Å². The van der Waals surface area contributed by atoms with Crippen molar-refractivity contribution >= 4 is 5.91 Å². The number of hydrogen-bond donors (Lipinski definition) is 2. The summed E-state index contributed by atoms with van der Waals surface area (Å²) < 4.78 is 18.3. The van der Waals surface area contributed by atoms with Crippen LogP contribution in [-0.4, -0.2) is 25.6 Å². The molecule has 0 fully saturated rings. The largest absolute Gasteiger partial charge is 0.494 e. The lowest BCUT2D eigenvalue weighted by Crippen LogP contribution is -2.43. The first kappa shape index (κ1) is 14.4. The van der Waals surface area contributed by atoms with Gasteiger partial charge in [0.2, 0.25) is 0 Å². The molecule has 1 aromatic carbocycles. The SMILES string of the molecule is COc1ccc(C(=O)NC(CN)C(C)C)cc1F. The molecule has 18 heavy (non-hydrogen) atoms. The topological polar surface area (TPSA) is 64.3 Å². The quantitative estimate of drug-likeness (QED) is 0.838. The second-order valence-electron chi connectivity index (χ2n) is 4.41. The predicted octanol–water partition coefficient (Wildman–Crippen LogP) is 1.55. The molecule has 0 saturated heterocycles. The third kappa shape index (κ3) is 3.43. The van der Waals surface area contributed by atoms with Gasteiger partial charge in [-0.05, 0) is 24.1 Å². The Hall–Kier alpha value is -1.62. The van der Waals surface area contributed by atoms with Gasteiger partial charge < -0.3 is 15.8 Å². The standard InChI is InChI=1S/C13H19FN2O2/c1-8(2)11(7-15)16-13(17)9-4-5-12(18-3)10(14)6-9/h4-6,8,11H,7,15H2,1-3H3,(H,16,17). The third-order valence-electron chi connectivity index (χ3n) is 2.79. The lowest BCUT2D eigenvalue weighted by molar-refractivity contribution is 0.0927. The molecule has 5 heteroatoms. The first-order valence-corrected chi connectivity index (χ1v) is 5.84. The van der Waals surface area contributed by atoms with Crippen LogP contribution < -0.4 is 15.8 Å². The van der Waals surface area contributed by atoms with Gasteiger partial charge in [-0.25, -0.2) is 4.39 Å². The molecular weight excluding hydrogens is 235 g/mol. The average Bonchev–Trinajstić information content (AvgIpc) is 2.35. The van der Waals surface area contributed by atoms with Crippen molar-refractivity contribution in [2.45, 2.75) is 19.9 Å². The fourth-order valence-electron chi connectivity index (χ4n) is 1.56. The Kier molecular flexibility index (Phi) is 5.09. The van der Waals surface area contributed by atoms with Crippen LogP contribution in [0.15, 0.2) is 18.2 Å². The number of methoxy groups -OCH3 is 1. The maximum Gasteiger partial charge on any atom is 0.251 e. The molecule has 100 valence electrons. The van der Waals surface area contributed by atoms with E-state index in [0.717, 1.165) is 6.07 Å². The Morgan fingerprint density at radius 1 is 1.50 bits per heavy atom. The van der Waals surface area contributed by atoms with Crippen LogP contribution in [0.2, 0.25) is 0 Å².